The van der Waals surface area contributed by atoms with Crippen molar-refractivity contribution in [2.75, 3.05) is 0 Å². The average molecular weight is 487 g/mol. The van der Waals surface area contributed by atoms with Crippen molar-refractivity contribution < 1.29 is 0 Å². The largest absolute Gasteiger partial charge is 0.127 e. The number of rotatable bonds is 26. The molecule has 32 heavy (non-hydrogen) atoms. The summed E-state index contributed by atoms with van der Waals surface area (Å²) in [4.78, 5) is 0. The van der Waals surface area contributed by atoms with Crippen molar-refractivity contribution >= 4 is 20.4 Å². The smallest absolute Gasteiger partial charge is 0.0522 e. The van der Waals surface area contributed by atoms with Gasteiger partial charge in [0, 0.05) is 5.00 Å². The van der Waals surface area contributed by atoms with Crippen LogP contribution >= 0.6 is 11.6 Å². The molecule has 0 unspecified atom stereocenters. The minimum Gasteiger partial charge on any atom is -0.127 e. The van der Waals surface area contributed by atoms with Gasteiger partial charge in [-0.25, -0.2) is 0 Å². The van der Waals surface area contributed by atoms with Crippen molar-refractivity contribution in [2.45, 2.75) is 186 Å². The number of halogens is 1. The van der Waals surface area contributed by atoms with Gasteiger partial charge in [-0.1, -0.05) is 168 Å². The highest BCUT2D eigenvalue weighted by Crippen LogP contribution is 2.27. The van der Waals surface area contributed by atoms with Crippen LogP contribution in [-0.2, 0) is 0 Å². The summed E-state index contributed by atoms with van der Waals surface area (Å²) in [5.41, 5.74) is 0. The van der Waals surface area contributed by atoms with Gasteiger partial charge in [0.1, 0.15) is 0 Å². The Bertz CT molecular complexity index is 344. The number of hydrogen-bond donors (Lipinski definition) is 0. The second kappa shape index (κ2) is 26.1. The Labute approximate surface area is 212 Å². The highest BCUT2D eigenvalue weighted by atomic mass is 35.5. The highest BCUT2D eigenvalue weighted by molar-refractivity contribution is 6.67. The molecule has 0 aromatic carbocycles. The summed E-state index contributed by atoms with van der Waals surface area (Å²) in [6.07, 6.45) is 34.5. The van der Waals surface area contributed by atoms with Gasteiger partial charge in [0.2, 0.25) is 0 Å². The first kappa shape index (κ1) is 32.5. The van der Waals surface area contributed by atoms with Crippen LogP contribution in [0.3, 0.4) is 0 Å². The van der Waals surface area contributed by atoms with E-state index in [0.29, 0.717) is 5.00 Å². The van der Waals surface area contributed by atoms with E-state index in [4.69, 9.17) is 11.6 Å². The number of alkyl halides is 1. The van der Waals surface area contributed by atoms with Crippen LogP contribution in [0.2, 0.25) is 13.1 Å². The molecule has 0 aliphatic rings. The molecule has 0 saturated heterocycles. The third-order valence-corrected chi connectivity index (χ3v) is 11.1. The van der Waals surface area contributed by atoms with Crippen molar-refractivity contribution in [3.8, 4) is 0 Å². The fourth-order valence-electron chi connectivity index (χ4n) is 5.15. The lowest BCUT2D eigenvalue weighted by Gasteiger charge is -2.25. The van der Waals surface area contributed by atoms with Crippen molar-refractivity contribution in [2.24, 2.45) is 5.92 Å². The zero-order chi connectivity index (χ0) is 23.7. The normalized spacial score (nSPS) is 13.7. The average Bonchev–Trinajstić information content (AvgIpc) is 2.79. The fraction of sp³-hybridized carbons (Fsp3) is 1.00. The van der Waals surface area contributed by atoms with Gasteiger partial charge in [-0.3, -0.25) is 0 Å². The molecule has 0 nitrogen and oxygen atoms in total. The standard InChI is InChI=1S/C30H63ClSi/c1-5-7-9-11-13-15-17-18-20-22-24-26-28-29(30(31)32(3)4)27-25-23-21-19-16-14-12-10-8-6-2/h29-30,32H,5-28H2,1-4H3/t29-,30-/m1/s1. The second-order valence-corrected chi connectivity index (χ2v) is 15.2. The molecule has 0 saturated carbocycles. The maximum absolute atomic E-state index is 6.91. The van der Waals surface area contributed by atoms with Gasteiger partial charge in [-0.05, 0) is 18.8 Å². The van der Waals surface area contributed by atoms with Gasteiger partial charge < -0.3 is 0 Å². The van der Waals surface area contributed by atoms with E-state index in [2.05, 4.69) is 26.9 Å². The molecule has 0 aromatic heterocycles. The zero-order valence-electron chi connectivity index (χ0n) is 23.1. The Morgan fingerprint density at radius 1 is 0.438 bits per heavy atom. The lowest BCUT2D eigenvalue weighted by molar-refractivity contribution is 0.418. The number of unbranched alkanes of at least 4 members (excludes halogenated alkanes) is 20. The summed E-state index contributed by atoms with van der Waals surface area (Å²) >= 11 is 6.91. The van der Waals surface area contributed by atoms with E-state index in [0.717, 1.165) is 5.92 Å². The molecule has 0 amide bonds. The van der Waals surface area contributed by atoms with Crippen molar-refractivity contribution in [1.29, 1.82) is 0 Å². The van der Waals surface area contributed by atoms with Crippen LogP contribution in [0.15, 0.2) is 0 Å². The van der Waals surface area contributed by atoms with Crippen molar-refractivity contribution in [3.05, 3.63) is 0 Å². The van der Waals surface area contributed by atoms with Crippen LogP contribution in [0.1, 0.15) is 168 Å². The summed E-state index contributed by atoms with van der Waals surface area (Å²) in [7, 11) is -0.730. The van der Waals surface area contributed by atoms with E-state index in [1.54, 1.807) is 0 Å². The predicted molar refractivity (Wildman–Crippen MR) is 154 cm³/mol. The Hall–Kier alpha value is 0.507. The highest BCUT2D eigenvalue weighted by Gasteiger charge is 2.22. The third kappa shape index (κ3) is 22.3. The van der Waals surface area contributed by atoms with E-state index in [1.807, 2.05) is 0 Å². The van der Waals surface area contributed by atoms with Crippen LogP contribution in [-0.4, -0.2) is 13.8 Å². The minimum atomic E-state index is -0.730. The molecule has 0 bridgehead atoms. The molecule has 0 heterocycles. The lowest BCUT2D eigenvalue weighted by atomic mass is 9.95. The lowest BCUT2D eigenvalue weighted by Crippen LogP contribution is -2.28. The molecular weight excluding hydrogens is 424 g/mol. The molecule has 2 atom stereocenters. The van der Waals surface area contributed by atoms with Crippen LogP contribution in [0.25, 0.3) is 0 Å². The third-order valence-electron chi connectivity index (χ3n) is 7.44. The molecule has 194 valence electrons. The first-order valence-corrected chi connectivity index (χ1v) is 18.7. The Morgan fingerprint density at radius 3 is 0.938 bits per heavy atom. The summed E-state index contributed by atoms with van der Waals surface area (Å²) in [5.74, 6) is 0.806. The summed E-state index contributed by atoms with van der Waals surface area (Å²) in [5, 5.41) is 0.515. The molecule has 0 aromatic rings. The maximum Gasteiger partial charge on any atom is 0.0522 e. The van der Waals surface area contributed by atoms with Gasteiger partial charge in [0.05, 0.1) is 8.80 Å². The summed E-state index contributed by atoms with van der Waals surface area (Å²) < 4.78 is 0. The molecule has 0 aliphatic heterocycles. The summed E-state index contributed by atoms with van der Waals surface area (Å²) in [6.45, 7) is 9.51. The predicted octanol–water partition coefficient (Wildman–Crippen LogP) is 11.6. The Morgan fingerprint density at radius 2 is 0.688 bits per heavy atom. The first-order valence-electron chi connectivity index (χ1n) is 15.3. The van der Waals surface area contributed by atoms with Gasteiger partial charge in [-0.15, -0.1) is 11.6 Å². The van der Waals surface area contributed by atoms with Crippen molar-refractivity contribution in [1.82, 2.24) is 0 Å². The summed E-state index contributed by atoms with van der Waals surface area (Å²) in [6, 6.07) is 0. The van der Waals surface area contributed by atoms with Crippen LogP contribution in [0, 0.1) is 5.92 Å². The molecule has 0 fully saturated rings. The molecule has 0 aliphatic carbocycles. The fourth-order valence-corrected chi connectivity index (χ4v) is 6.87. The van der Waals surface area contributed by atoms with Gasteiger partial charge in [0.15, 0.2) is 0 Å². The van der Waals surface area contributed by atoms with Gasteiger partial charge in [-0.2, -0.15) is 0 Å². The van der Waals surface area contributed by atoms with E-state index >= 15 is 0 Å². The van der Waals surface area contributed by atoms with Crippen molar-refractivity contribution in [3.63, 3.8) is 0 Å². The molecule has 0 radical (unpaired) electrons. The second-order valence-electron chi connectivity index (χ2n) is 11.1. The van der Waals surface area contributed by atoms with E-state index in [1.165, 1.54) is 154 Å². The molecule has 0 rings (SSSR count). The zero-order valence-corrected chi connectivity index (χ0v) is 25.0. The minimum absolute atomic E-state index is 0.515. The molecular formula is C30H63ClSi. The number of hydrogen-bond acceptors (Lipinski definition) is 0. The molecule has 0 N–H and O–H groups in total. The monoisotopic (exact) mass is 486 g/mol. The topological polar surface area (TPSA) is 0 Å². The van der Waals surface area contributed by atoms with Crippen LogP contribution in [0.4, 0.5) is 0 Å². The Balaban J connectivity index is 3.69. The van der Waals surface area contributed by atoms with E-state index in [9.17, 15) is 0 Å². The SMILES string of the molecule is CCCCCCCCCCCCCC[C@@H](CCCCCCCCCCCC)[C@H](Cl)[SiH](C)C. The van der Waals surface area contributed by atoms with E-state index in [-0.39, 0.29) is 0 Å². The molecule has 2 heteroatoms. The first-order chi connectivity index (χ1) is 15.6. The maximum atomic E-state index is 6.91. The van der Waals surface area contributed by atoms with Gasteiger partial charge >= 0.3 is 0 Å². The Kier molecular flexibility index (Phi) is 26.5. The quantitative estimate of drug-likeness (QED) is 0.0647. The van der Waals surface area contributed by atoms with Crippen LogP contribution < -0.4 is 0 Å². The van der Waals surface area contributed by atoms with Gasteiger partial charge in [0.25, 0.3) is 0 Å². The van der Waals surface area contributed by atoms with E-state index < -0.39 is 8.80 Å². The van der Waals surface area contributed by atoms with Crippen LogP contribution in [0.5, 0.6) is 0 Å². The molecule has 0 spiro atoms.